The molecule has 6 heteroatoms. The zero-order valence-corrected chi connectivity index (χ0v) is 11.0. The summed E-state index contributed by atoms with van der Waals surface area (Å²) in [6.45, 7) is 2.54. The molecule has 1 heterocycles. The average molecular weight is 267 g/mol. The minimum Gasteiger partial charge on any atom is -0.409 e. The van der Waals surface area contributed by atoms with Crippen molar-refractivity contribution in [2.45, 2.75) is 26.3 Å². The summed E-state index contributed by atoms with van der Waals surface area (Å²) in [5.74, 6) is 0.298. The Bertz CT molecular complexity index is 450. The van der Waals surface area contributed by atoms with E-state index in [2.05, 4.69) is 17.4 Å². The van der Waals surface area contributed by atoms with Gasteiger partial charge in [-0.15, -0.1) is 11.3 Å². The quantitative estimate of drug-likeness (QED) is 0.334. The van der Waals surface area contributed by atoms with Gasteiger partial charge in [-0.2, -0.15) is 0 Å². The number of nitrogens with zero attached hydrogens (tertiary/aromatic N) is 1. The molecule has 0 atom stereocenters. The second-order valence-electron chi connectivity index (χ2n) is 4.84. The second kappa shape index (κ2) is 4.97. The monoisotopic (exact) mass is 267 g/mol. The van der Waals surface area contributed by atoms with Crippen LogP contribution in [0.4, 0.5) is 0 Å². The van der Waals surface area contributed by atoms with Crippen LogP contribution in [0, 0.1) is 11.3 Å². The van der Waals surface area contributed by atoms with Crippen LogP contribution in [0.5, 0.6) is 0 Å². The van der Waals surface area contributed by atoms with Gasteiger partial charge in [0, 0.05) is 4.88 Å². The molecule has 0 unspecified atom stereocenters. The van der Waals surface area contributed by atoms with Crippen LogP contribution in [0.1, 0.15) is 24.6 Å². The van der Waals surface area contributed by atoms with Crippen LogP contribution in [-0.2, 0) is 11.3 Å². The third-order valence-electron chi connectivity index (χ3n) is 3.43. The van der Waals surface area contributed by atoms with Gasteiger partial charge in [-0.05, 0) is 30.2 Å². The van der Waals surface area contributed by atoms with Crippen LogP contribution in [0.15, 0.2) is 22.7 Å². The van der Waals surface area contributed by atoms with Gasteiger partial charge in [0.1, 0.15) is 5.41 Å². The molecule has 5 nitrogen and oxygen atoms in total. The van der Waals surface area contributed by atoms with Crippen molar-refractivity contribution in [2.24, 2.45) is 22.2 Å². The van der Waals surface area contributed by atoms with E-state index in [1.54, 1.807) is 11.3 Å². The van der Waals surface area contributed by atoms with E-state index in [9.17, 15) is 4.79 Å². The Labute approximate surface area is 110 Å². The molecule has 0 saturated heterocycles. The first-order valence-electron chi connectivity index (χ1n) is 5.87. The smallest absolute Gasteiger partial charge is 0.234 e. The third-order valence-corrected chi connectivity index (χ3v) is 4.31. The topological polar surface area (TPSA) is 87.7 Å². The van der Waals surface area contributed by atoms with Gasteiger partial charge in [-0.3, -0.25) is 4.79 Å². The van der Waals surface area contributed by atoms with E-state index in [1.165, 1.54) is 0 Å². The standard InChI is InChI=1S/C12H17N3O2S/c1-8-5-12(6-8,10(13)15-17)11(16)14-7-9-3-2-4-18-9/h2-4,8,17H,5-7H2,1H3,(H2,13,15)(H,14,16). The molecule has 0 radical (unpaired) electrons. The van der Waals surface area contributed by atoms with Gasteiger partial charge in [0.2, 0.25) is 5.91 Å². The van der Waals surface area contributed by atoms with E-state index in [-0.39, 0.29) is 11.7 Å². The van der Waals surface area contributed by atoms with Crippen molar-refractivity contribution >= 4 is 23.1 Å². The summed E-state index contributed by atoms with van der Waals surface area (Å²) in [5, 5.41) is 16.7. The average Bonchev–Trinajstić information content (AvgIpc) is 2.83. The zero-order valence-electron chi connectivity index (χ0n) is 10.2. The molecular weight excluding hydrogens is 250 g/mol. The van der Waals surface area contributed by atoms with Crippen molar-refractivity contribution in [3.63, 3.8) is 0 Å². The first-order chi connectivity index (χ1) is 8.58. The Kier molecular flexibility index (Phi) is 3.56. The van der Waals surface area contributed by atoms with Gasteiger partial charge in [0.05, 0.1) is 6.54 Å². The number of amides is 1. The molecule has 1 aliphatic carbocycles. The van der Waals surface area contributed by atoms with Crippen LogP contribution in [0.2, 0.25) is 0 Å². The summed E-state index contributed by atoms with van der Waals surface area (Å²) in [6.07, 6.45) is 1.28. The highest BCUT2D eigenvalue weighted by molar-refractivity contribution is 7.09. The molecule has 1 fully saturated rings. The maximum Gasteiger partial charge on any atom is 0.234 e. The molecule has 1 aromatic heterocycles. The normalized spacial score (nSPS) is 27.6. The Balaban J connectivity index is 2.01. The lowest BCUT2D eigenvalue weighted by atomic mass is 9.61. The number of carbonyl (C=O) groups is 1. The van der Waals surface area contributed by atoms with Crippen molar-refractivity contribution < 1.29 is 10.0 Å². The summed E-state index contributed by atoms with van der Waals surface area (Å²) < 4.78 is 0. The van der Waals surface area contributed by atoms with Crippen molar-refractivity contribution in [2.75, 3.05) is 0 Å². The zero-order chi connectivity index (χ0) is 13.2. The number of nitrogens with one attached hydrogen (secondary N) is 1. The number of thiophene rings is 1. The predicted octanol–water partition coefficient (Wildman–Crippen LogP) is 1.53. The van der Waals surface area contributed by atoms with Gasteiger partial charge < -0.3 is 16.3 Å². The fourth-order valence-corrected chi connectivity index (χ4v) is 3.13. The van der Waals surface area contributed by atoms with Crippen molar-refractivity contribution in [3.8, 4) is 0 Å². The van der Waals surface area contributed by atoms with E-state index in [0.717, 1.165) is 4.88 Å². The maximum atomic E-state index is 12.2. The minimum atomic E-state index is -0.814. The molecule has 0 aromatic carbocycles. The van der Waals surface area contributed by atoms with Gasteiger partial charge in [-0.25, -0.2) is 0 Å². The highest BCUT2D eigenvalue weighted by Crippen LogP contribution is 2.45. The molecular formula is C12H17N3O2S. The highest BCUT2D eigenvalue weighted by Gasteiger charge is 2.52. The van der Waals surface area contributed by atoms with Gasteiger partial charge >= 0.3 is 0 Å². The van der Waals surface area contributed by atoms with E-state index in [0.29, 0.717) is 25.3 Å². The van der Waals surface area contributed by atoms with Gasteiger partial charge in [0.25, 0.3) is 0 Å². The number of nitrogens with two attached hydrogens (primary N) is 1. The predicted molar refractivity (Wildman–Crippen MR) is 70.4 cm³/mol. The number of oxime groups is 1. The number of rotatable bonds is 4. The van der Waals surface area contributed by atoms with E-state index >= 15 is 0 Å². The Morgan fingerprint density at radius 2 is 2.44 bits per heavy atom. The van der Waals surface area contributed by atoms with Crippen molar-refractivity contribution in [1.29, 1.82) is 0 Å². The van der Waals surface area contributed by atoms with Crippen molar-refractivity contribution in [3.05, 3.63) is 22.4 Å². The number of hydrogen-bond donors (Lipinski definition) is 3. The summed E-state index contributed by atoms with van der Waals surface area (Å²) in [4.78, 5) is 13.3. The maximum absolute atomic E-state index is 12.2. The largest absolute Gasteiger partial charge is 0.409 e. The van der Waals surface area contributed by atoms with Crippen LogP contribution >= 0.6 is 11.3 Å². The third kappa shape index (κ3) is 2.20. The molecule has 1 aliphatic rings. The highest BCUT2D eigenvalue weighted by atomic mass is 32.1. The molecule has 18 heavy (non-hydrogen) atoms. The molecule has 0 bridgehead atoms. The number of carbonyl (C=O) groups excluding carboxylic acids is 1. The van der Waals surface area contributed by atoms with Crippen LogP contribution < -0.4 is 11.1 Å². The fraction of sp³-hybridized carbons (Fsp3) is 0.500. The number of amidine groups is 1. The summed E-state index contributed by atoms with van der Waals surface area (Å²) in [5.41, 5.74) is 4.85. The molecule has 4 N–H and O–H groups in total. The molecule has 2 rings (SSSR count). The Morgan fingerprint density at radius 3 is 2.94 bits per heavy atom. The van der Waals surface area contributed by atoms with Crippen molar-refractivity contribution in [1.82, 2.24) is 5.32 Å². The summed E-state index contributed by atoms with van der Waals surface area (Å²) in [6, 6.07) is 3.90. The van der Waals surface area contributed by atoms with E-state index < -0.39 is 5.41 Å². The number of hydrogen-bond acceptors (Lipinski definition) is 4. The summed E-state index contributed by atoms with van der Waals surface area (Å²) >= 11 is 1.59. The van der Waals surface area contributed by atoms with E-state index in [1.807, 2.05) is 17.5 Å². The minimum absolute atomic E-state index is 0.0179. The molecule has 98 valence electrons. The van der Waals surface area contributed by atoms with E-state index in [4.69, 9.17) is 10.9 Å². The first-order valence-corrected chi connectivity index (χ1v) is 6.75. The summed E-state index contributed by atoms with van der Waals surface area (Å²) in [7, 11) is 0. The lowest BCUT2D eigenvalue weighted by molar-refractivity contribution is -0.133. The van der Waals surface area contributed by atoms with Crippen LogP contribution in [0.25, 0.3) is 0 Å². The Hall–Kier alpha value is -1.56. The molecule has 1 saturated carbocycles. The van der Waals surface area contributed by atoms with Crippen LogP contribution in [0.3, 0.4) is 0 Å². The first kappa shape index (κ1) is 12.9. The fourth-order valence-electron chi connectivity index (χ4n) is 2.49. The van der Waals surface area contributed by atoms with Crippen LogP contribution in [-0.4, -0.2) is 17.0 Å². The molecule has 1 amide bonds. The Morgan fingerprint density at radius 1 is 1.72 bits per heavy atom. The van der Waals surface area contributed by atoms with Gasteiger partial charge in [-0.1, -0.05) is 18.1 Å². The molecule has 0 spiro atoms. The SMILES string of the molecule is CC1CC(C(=O)NCc2cccs2)(/C(N)=N/O)C1. The lowest BCUT2D eigenvalue weighted by Gasteiger charge is -2.43. The van der Waals surface area contributed by atoms with Gasteiger partial charge in [0.15, 0.2) is 5.84 Å². The lowest BCUT2D eigenvalue weighted by Crippen LogP contribution is -2.56. The molecule has 0 aliphatic heterocycles. The second-order valence-corrected chi connectivity index (χ2v) is 5.88. The molecule has 1 aromatic rings.